The fraction of sp³-hybridized carbons (Fsp3) is 0.385. The van der Waals surface area contributed by atoms with Crippen molar-refractivity contribution in [2.24, 2.45) is 5.73 Å². The van der Waals surface area contributed by atoms with Crippen molar-refractivity contribution in [3.05, 3.63) is 29.3 Å². The van der Waals surface area contributed by atoms with Crippen molar-refractivity contribution in [1.29, 1.82) is 0 Å². The summed E-state index contributed by atoms with van der Waals surface area (Å²) in [4.78, 5) is 14.2. The van der Waals surface area contributed by atoms with Gasteiger partial charge in [0.05, 0.1) is 18.7 Å². The zero-order chi connectivity index (χ0) is 14.0. The average Bonchev–Trinajstić information content (AvgIpc) is 2.38. The summed E-state index contributed by atoms with van der Waals surface area (Å²) in [6.45, 7) is 3.03. The van der Waals surface area contributed by atoms with Crippen molar-refractivity contribution in [2.45, 2.75) is 13.0 Å². The van der Waals surface area contributed by atoms with E-state index in [0.29, 0.717) is 19.7 Å². The van der Waals surface area contributed by atoms with Gasteiger partial charge in [0.25, 0.3) is 5.91 Å². The number of hydrogen-bond donors (Lipinski definition) is 2. The van der Waals surface area contributed by atoms with Crippen LogP contribution in [0.4, 0.5) is 0 Å². The third-order valence-electron chi connectivity index (χ3n) is 3.05. The van der Waals surface area contributed by atoms with Crippen molar-refractivity contribution >= 4 is 23.1 Å². The molecule has 6 heteroatoms. The van der Waals surface area contributed by atoms with E-state index in [1.807, 2.05) is 6.92 Å². The molecule has 1 heterocycles. The van der Waals surface area contributed by atoms with Gasteiger partial charge in [-0.25, -0.2) is 0 Å². The van der Waals surface area contributed by atoms with E-state index in [1.165, 1.54) is 0 Å². The Morgan fingerprint density at radius 2 is 2.32 bits per heavy atom. The lowest BCUT2D eigenvalue weighted by atomic mass is 10.1. The van der Waals surface area contributed by atoms with Gasteiger partial charge in [0.2, 0.25) is 0 Å². The van der Waals surface area contributed by atoms with Crippen LogP contribution in [0, 0.1) is 6.92 Å². The summed E-state index contributed by atoms with van der Waals surface area (Å²) in [5.41, 5.74) is 6.72. The van der Waals surface area contributed by atoms with Crippen LogP contribution >= 0.6 is 12.2 Å². The maximum Gasteiger partial charge on any atom is 0.257 e. The van der Waals surface area contributed by atoms with Gasteiger partial charge in [0.15, 0.2) is 0 Å². The highest BCUT2D eigenvalue weighted by Crippen LogP contribution is 2.21. The zero-order valence-electron chi connectivity index (χ0n) is 10.6. The second-order valence-corrected chi connectivity index (χ2v) is 5.00. The highest BCUT2D eigenvalue weighted by Gasteiger charge is 2.27. The van der Waals surface area contributed by atoms with Gasteiger partial charge in [0, 0.05) is 6.54 Å². The lowest BCUT2D eigenvalue weighted by Gasteiger charge is -2.32. The predicted molar refractivity (Wildman–Crippen MR) is 75.3 cm³/mol. The number of phenolic OH excluding ortho intramolecular Hbond substituents is 1. The van der Waals surface area contributed by atoms with Crippen molar-refractivity contribution in [3.63, 3.8) is 0 Å². The van der Waals surface area contributed by atoms with Crippen molar-refractivity contribution < 1.29 is 14.6 Å². The molecule has 2 rings (SSSR count). The van der Waals surface area contributed by atoms with Crippen LogP contribution < -0.4 is 5.73 Å². The van der Waals surface area contributed by atoms with Crippen molar-refractivity contribution in [1.82, 2.24) is 4.90 Å². The van der Waals surface area contributed by atoms with Gasteiger partial charge in [-0.05, 0) is 24.6 Å². The Morgan fingerprint density at radius 1 is 1.58 bits per heavy atom. The number of carbonyl (C=O) groups excluding carboxylic acids is 1. The topological polar surface area (TPSA) is 75.8 Å². The molecule has 0 aliphatic carbocycles. The molecule has 1 unspecified atom stereocenters. The monoisotopic (exact) mass is 280 g/mol. The van der Waals surface area contributed by atoms with E-state index in [1.54, 1.807) is 23.1 Å². The Hall–Kier alpha value is -1.66. The third-order valence-corrected chi connectivity index (χ3v) is 3.32. The molecular weight excluding hydrogens is 264 g/mol. The van der Waals surface area contributed by atoms with E-state index in [2.05, 4.69) is 0 Å². The molecular formula is C13H16N2O3S. The first-order chi connectivity index (χ1) is 8.99. The molecule has 19 heavy (non-hydrogen) atoms. The number of carbonyl (C=O) groups is 1. The molecule has 1 aliphatic rings. The molecule has 1 amide bonds. The number of rotatable bonds is 2. The number of aromatic hydroxyl groups is 1. The largest absolute Gasteiger partial charge is 0.507 e. The number of ether oxygens (including phenoxy) is 1. The van der Waals surface area contributed by atoms with Crippen LogP contribution in [0.25, 0.3) is 0 Å². The van der Waals surface area contributed by atoms with Crippen LogP contribution in [-0.2, 0) is 4.74 Å². The van der Waals surface area contributed by atoms with Crippen LogP contribution in [0.15, 0.2) is 18.2 Å². The van der Waals surface area contributed by atoms with E-state index in [0.717, 1.165) is 5.56 Å². The Kier molecular flexibility index (Phi) is 4.01. The first-order valence-corrected chi connectivity index (χ1v) is 6.39. The fourth-order valence-electron chi connectivity index (χ4n) is 2.00. The number of benzene rings is 1. The number of morpholine rings is 1. The van der Waals surface area contributed by atoms with E-state index in [-0.39, 0.29) is 22.2 Å². The molecule has 0 saturated carbocycles. The van der Waals surface area contributed by atoms with E-state index < -0.39 is 6.10 Å². The molecule has 1 saturated heterocycles. The summed E-state index contributed by atoms with van der Waals surface area (Å²) >= 11 is 4.88. The molecule has 1 atom stereocenters. The normalized spacial score (nSPS) is 19.2. The molecule has 1 fully saturated rings. The van der Waals surface area contributed by atoms with Crippen LogP contribution in [0.2, 0.25) is 0 Å². The van der Waals surface area contributed by atoms with Crippen LogP contribution in [0.1, 0.15) is 15.9 Å². The Labute approximate surface area is 117 Å². The maximum absolute atomic E-state index is 12.3. The average molecular weight is 280 g/mol. The molecule has 3 N–H and O–H groups in total. The summed E-state index contributed by atoms with van der Waals surface area (Å²) in [6, 6.07) is 4.98. The summed E-state index contributed by atoms with van der Waals surface area (Å²) in [5, 5.41) is 9.84. The van der Waals surface area contributed by atoms with Gasteiger partial charge in [-0.1, -0.05) is 18.3 Å². The minimum absolute atomic E-state index is 0.0108. The van der Waals surface area contributed by atoms with Gasteiger partial charge < -0.3 is 20.5 Å². The van der Waals surface area contributed by atoms with E-state index in [9.17, 15) is 9.90 Å². The number of nitrogens with two attached hydrogens (primary N) is 1. The van der Waals surface area contributed by atoms with Crippen LogP contribution in [0.3, 0.4) is 0 Å². The van der Waals surface area contributed by atoms with Gasteiger partial charge in [-0.15, -0.1) is 0 Å². The second kappa shape index (κ2) is 5.54. The number of phenols is 1. The minimum Gasteiger partial charge on any atom is -0.507 e. The number of aryl methyl sites for hydroxylation is 1. The quantitative estimate of drug-likeness (QED) is 0.785. The summed E-state index contributed by atoms with van der Waals surface area (Å²) < 4.78 is 5.38. The third kappa shape index (κ3) is 3.02. The van der Waals surface area contributed by atoms with Gasteiger partial charge in [0.1, 0.15) is 16.8 Å². The van der Waals surface area contributed by atoms with Gasteiger partial charge >= 0.3 is 0 Å². The highest BCUT2D eigenvalue weighted by atomic mass is 32.1. The zero-order valence-corrected chi connectivity index (χ0v) is 11.4. The molecule has 5 nitrogen and oxygen atoms in total. The Morgan fingerprint density at radius 3 is 2.95 bits per heavy atom. The van der Waals surface area contributed by atoms with Crippen LogP contribution in [0.5, 0.6) is 5.75 Å². The molecule has 0 spiro atoms. The number of hydrogen-bond acceptors (Lipinski definition) is 4. The second-order valence-electron chi connectivity index (χ2n) is 4.53. The van der Waals surface area contributed by atoms with Gasteiger partial charge in [-0.3, -0.25) is 4.79 Å². The highest BCUT2D eigenvalue weighted by molar-refractivity contribution is 7.80. The SMILES string of the molecule is Cc1ccc(C(=O)N2CCOC(C(N)=S)C2)c(O)c1. The van der Waals surface area contributed by atoms with Crippen LogP contribution in [-0.4, -0.2) is 46.7 Å². The Bertz CT molecular complexity index is 519. The number of amides is 1. The van der Waals surface area contributed by atoms with E-state index >= 15 is 0 Å². The van der Waals surface area contributed by atoms with E-state index in [4.69, 9.17) is 22.7 Å². The fourth-order valence-corrected chi connectivity index (χ4v) is 2.14. The van der Waals surface area contributed by atoms with Crippen molar-refractivity contribution in [3.8, 4) is 5.75 Å². The summed E-state index contributed by atoms with van der Waals surface area (Å²) in [6.07, 6.45) is -0.416. The predicted octanol–water partition coefficient (Wildman–Crippen LogP) is 0.828. The molecule has 0 aromatic heterocycles. The molecule has 1 aromatic rings. The molecule has 0 radical (unpaired) electrons. The van der Waals surface area contributed by atoms with Gasteiger partial charge in [-0.2, -0.15) is 0 Å². The maximum atomic E-state index is 12.3. The lowest BCUT2D eigenvalue weighted by Crippen LogP contribution is -2.49. The summed E-state index contributed by atoms with van der Waals surface area (Å²) in [7, 11) is 0. The molecule has 0 bridgehead atoms. The van der Waals surface area contributed by atoms with Crippen molar-refractivity contribution in [2.75, 3.05) is 19.7 Å². The lowest BCUT2D eigenvalue weighted by molar-refractivity contribution is 0.00865. The Balaban J connectivity index is 2.17. The molecule has 1 aliphatic heterocycles. The smallest absolute Gasteiger partial charge is 0.257 e. The standard InChI is InChI=1S/C13H16N2O3S/c1-8-2-3-9(10(16)6-8)13(17)15-4-5-18-11(7-15)12(14)19/h2-3,6,11,16H,4-5,7H2,1H3,(H2,14,19). The number of thiocarbonyl (C=S) groups is 1. The minimum atomic E-state index is -0.416. The first kappa shape index (κ1) is 13.8. The number of nitrogens with zero attached hydrogens (tertiary/aromatic N) is 1. The molecule has 1 aromatic carbocycles. The summed E-state index contributed by atoms with van der Waals surface area (Å²) in [5.74, 6) is -0.245. The first-order valence-electron chi connectivity index (χ1n) is 5.99. The molecule has 102 valence electrons.